The fraction of sp³-hybridized carbons (Fsp3) is 0.529. The molecule has 118 valence electrons. The predicted molar refractivity (Wildman–Crippen MR) is 88.9 cm³/mol. The standard InChI is InChI=1S/C17H22BrN3O/c1-2-15(13-5-7-14(18)8-6-13)20-11-16(22)21-17(12-19)9-3-4-10-17/h5-8,15,20H,2-4,9-11H2,1H3,(H,21,22)/p+1/t15-/m1/s1. The first-order valence-electron chi connectivity index (χ1n) is 7.89. The van der Waals surface area contributed by atoms with E-state index in [1.807, 2.05) is 12.1 Å². The molecule has 1 aromatic carbocycles. The lowest BCUT2D eigenvalue weighted by molar-refractivity contribution is -0.686. The van der Waals surface area contributed by atoms with Gasteiger partial charge in [-0.2, -0.15) is 5.26 Å². The molecule has 3 N–H and O–H groups in total. The molecule has 1 aliphatic rings. The van der Waals surface area contributed by atoms with Crippen LogP contribution in [0.3, 0.4) is 0 Å². The van der Waals surface area contributed by atoms with E-state index >= 15 is 0 Å². The van der Waals surface area contributed by atoms with E-state index in [4.69, 9.17) is 0 Å². The third kappa shape index (κ3) is 4.31. The summed E-state index contributed by atoms with van der Waals surface area (Å²) in [7, 11) is 0. The molecule has 0 spiro atoms. The van der Waals surface area contributed by atoms with Crippen LogP contribution in [0.1, 0.15) is 50.6 Å². The third-order valence-corrected chi connectivity index (χ3v) is 4.90. The maximum absolute atomic E-state index is 12.2. The van der Waals surface area contributed by atoms with Gasteiger partial charge in [0.1, 0.15) is 11.6 Å². The Morgan fingerprint density at radius 1 is 1.41 bits per heavy atom. The normalized spacial score (nSPS) is 17.7. The summed E-state index contributed by atoms with van der Waals surface area (Å²) in [5.41, 5.74) is 0.596. The number of nitriles is 1. The summed E-state index contributed by atoms with van der Waals surface area (Å²) < 4.78 is 1.06. The monoisotopic (exact) mass is 364 g/mol. The van der Waals surface area contributed by atoms with Crippen molar-refractivity contribution >= 4 is 21.8 Å². The molecule has 0 heterocycles. The summed E-state index contributed by atoms with van der Waals surface area (Å²) in [4.78, 5) is 12.2. The van der Waals surface area contributed by atoms with E-state index in [9.17, 15) is 10.1 Å². The first-order chi connectivity index (χ1) is 10.6. The predicted octanol–water partition coefficient (Wildman–Crippen LogP) is 2.42. The molecule has 5 heteroatoms. The second-order valence-corrected chi connectivity index (χ2v) is 6.87. The molecular weight excluding hydrogens is 342 g/mol. The maximum Gasteiger partial charge on any atom is 0.276 e. The van der Waals surface area contributed by atoms with Crippen LogP contribution in [0, 0.1) is 11.3 Å². The highest BCUT2D eigenvalue weighted by molar-refractivity contribution is 9.10. The number of quaternary nitrogens is 1. The van der Waals surface area contributed by atoms with Gasteiger partial charge in [-0.25, -0.2) is 0 Å². The number of nitrogens with one attached hydrogen (secondary N) is 1. The van der Waals surface area contributed by atoms with Crippen LogP contribution in [0.25, 0.3) is 0 Å². The number of benzene rings is 1. The van der Waals surface area contributed by atoms with Crippen LogP contribution in [0.5, 0.6) is 0 Å². The highest BCUT2D eigenvalue weighted by Crippen LogP contribution is 2.28. The number of hydrogen-bond donors (Lipinski definition) is 2. The summed E-state index contributed by atoms with van der Waals surface area (Å²) in [6.45, 7) is 2.48. The molecule has 1 amide bonds. The maximum atomic E-state index is 12.2. The first-order valence-corrected chi connectivity index (χ1v) is 8.69. The topological polar surface area (TPSA) is 69.5 Å². The van der Waals surface area contributed by atoms with Crippen LogP contribution in [0.2, 0.25) is 0 Å². The van der Waals surface area contributed by atoms with Crippen LogP contribution in [0.15, 0.2) is 28.7 Å². The second kappa shape index (κ2) is 7.75. The van der Waals surface area contributed by atoms with Crippen molar-refractivity contribution in [1.29, 1.82) is 5.26 Å². The summed E-state index contributed by atoms with van der Waals surface area (Å²) in [5.74, 6) is -0.0426. The lowest BCUT2D eigenvalue weighted by atomic mass is 10.00. The van der Waals surface area contributed by atoms with Gasteiger partial charge in [-0.3, -0.25) is 4.79 Å². The van der Waals surface area contributed by atoms with Crippen LogP contribution in [-0.4, -0.2) is 18.0 Å². The Kier molecular flexibility index (Phi) is 5.98. The Morgan fingerprint density at radius 3 is 2.59 bits per heavy atom. The Hall–Kier alpha value is -1.38. The molecular formula is C17H23BrN3O+. The molecule has 22 heavy (non-hydrogen) atoms. The van der Waals surface area contributed by atoms with Gasteiger partial charge >= 0.3 is 0 Å². The Labute approximate surface area is 140 Å². The van der Waals surface area contributed by atoms with Gasteiger partial charge in [0.05, 0.1) is 6.07 Å². The minimum absolute atomic E-state index is 0.0426. The van der Waals surface area contributed by atoms with Gasteiger partial charge in [0.15, 0.2) is 6.54 Å². The molecule has 1 aliphatic carbocycles. The lowest BCUT2D eigenvalue weighted by Gasteiger charge is -2.22. The quantitative estimate of drug-likeness (QED) is 0.813. The SMILES string of the molecule is CC[C@@H]([NH2+]CC(=O)NC1(C#N)CCCC1)c1ccc(Br)cc1. The van der Waals surface area contributed by atoms with Crippen LogP contribution >= 0.6 is 15.9 Å². The molecule has 4 nitrogen and oxygen atoms in total. The molecule has 2 rings (SSSR count). The summed E-state index contributed by atoms with van der Waals surface area (Å²) in [6.07, 6.45) is 4.55. The lowest BCUT2D eigenvalue weighted by Crippen LogP contribution is -2.87. The Bertz CT molecular complexity index is 544. The number of nitrogens with zero attached hydrogens (tertiary/aromatic N) is 1. The molecule has 1 atom stereocenters. The molecule has 0 unspecified atom stereocenters. The number of carbonyl (C=O) groups is 1. The van der Waals surface area contributed by atoms with E-state index in [1.165, 1.54) is 5.56 Å². The van der Waals surface area contributed by atoms with E-state index in [0.29, 0.717) is 6.54 Å². The molecule has 0 aromatic heterocycles. The fourth-order valence-electron chi connectivity index (χ4n) is 3.06. The van der Waals surface area contributed by atoms with Crippen molar-refractivity contribution < 1.29 is 10.1 Å². The van der Waals surface area contributed by atoms with Crippen molar-refractivity contribution in [3.63, 3.8) is 0 Å². The summed E-state index contributed by atoms with van der Waals surface area (Å²) in [5, 5.41) is 14.3. The van der Waals surface area contributed by atoms with Gasteiger partial charge in [-0.15, -0.1) is 0 Å². The average molecular weight is 365 g/mol. The zero-order valence-electron chi connectivity index (χ0n) is 12.9. The number of carbonyl (C=O) groups excluding carboxylic acids is 1. The summed E-state index contributed by atoms with van der Waals surface area (Å²) in [6, 6.07) is 10.8. The van der Waals surface area contributed by atoms with E-state index in [2.05, 4.69) is 51.7 Å². The fourth-order valence-corrected chi connectivity index (χ4v) is 3.32. The van der Waals surface area contributed by atoms with E-state index in [1.54, 1.807) is 0 Å². The van der Waals surface area contributed by atoms with Crippen molar-refractivity contribution in [3.8, 4) is 6.07 Å². The van der Waals surface area contributed by atoms with E-state index in [0.717, 1.165) is 36.6 Å². The van der Waals surface area contributed by atoms with Crippen molar-refractivity contribution in [3.05, 3.63) is 34.3 Å². The number of hydrogen-bond acceptors (Lipinski definition) is 2. The zero-order chi connectivity index (χ0) is 16.0. The highest BCUT2D eigenvalue weighted by atomic mass is 79.9. The van der Waals surface area contributed by atoms with Crippen LogP contribution in [-0.2, 0) is 4.79 Å². The van der Waals surface area contributed by atoms with Gasteiger partial charge in [0, 0.05) is 16.5 Å². The van der Waals surface area contributed by atoms with Crippen LogP contribution in [0.4, 0.5) is 0 Å². The molecule has 0 bridgehead atoms. The van der Waals surface area contributed by atoms with Gasteiger partial charge in [-0.1, -0.05) is 35.0 Å². The van der Waals surface area contributed by atoms with Crippen molar-refractivity contribution in [1.82, 2.24) is 5.32 Å². The number of amides is 1. The number of halogens is 1. The van der Waals surface area contributed by atoms with Crippen molar-refractivity contribution in [2.24, 2.45) is 0 Å². The van der Waals surface area contributed by atoms with Gasteiger partial charge in [0.25, 0.3) is 5.91 Å². The van der Waals surface area contributed by atoms with Crippen LogP contribution < -0.4 is 10.6 Å². The largest absolute Gasteiger partial charge is 0.333 e. The number of nitrogens with two attached hydrogens (primary N) is 1. The molecule has 1 aromatic rings. The van der Waals surface area contributed by atoms with Crippen molar-refractivity contribution in [2.75, 3.05) is 6.54 Å². The molecule has 0 radical (unpaired) electrons. The Morgan fingerprint density at radius 2 is 2.05 bits per heavy atom. The summed E-state index contributed by atoms with van der Waals surface area (Å²) >= 11 is 3.44. The molecule has 0 saturated heterocycles. The third-order valence-electron chi connectivity index (χ3n) is 4.38. The molecule has 1 fully saturated rings. The van der Waals surface area contributed by atoms with E-state index in [-0.39, 0.29) is 11.9 Å². The minimum atomic E-state index is -0.621. The highest BCUT2D eigenvalue weighted by Gasteiger charge is 2.35. The molecule has 0 aliphatic heterocycles. The van der Waals surface area contributed by atoms with E-state index < -0.39 is 5.54 Å². The van der Waals surface area contributed by atoms with Gasteiger partial charge < -0.3 is 10.6 Å². The van der Waals surface area contributed by atoms with Crippen molar-refractivity contribution in [2.45, 2.75) is 50.6 Å². The van der Waals surface area contributed by atoms with Gasteiger partial charge in [-0.05, 0) is 37.8 Å². The zero-order valence-corrected chi connectivity index (χ0v) is 14.5. The minimum Gasteiger partial charge on any atom is -0.333 e. The average Bonchev–Trinajstić information content (AvgIpc) is 2.98. The first kappa shape index (κ1) is 17.0. The number of rotatable bonds is 6. The Balaban J connectivity index is 1.89. The second-order valence-electron chi connectivity index (χ2n) is 5.96. The van der Waals surface area contributed by atoms with Gasteiger partial charge in [0.2, 0.25) is 0 Å². The smallest absolute Gasteiger partial charge is 0.276 e. The molecule has 1 saturated carbocycles.